The molecule has 11 nitrogen and oxygen atoms in total. The number of hydrogen-bond donors (Lipinski definition) is 4. The minimum absolute atomic E-state index is 0.198. The van der Waals surface area contributed by atoms with Crippen molar-refractivity contribution in [2.24, 2.45) is 5.73 Å². The van der Waals surface area contributed by atoms with Gasteiger partial charge >= 0.3 is 0 Å². The second kappa shape index (κ2) is 23.5. The van der Waals surface area contributed by atoms with E-state index in [1.807, 2.05) is 33.8 Å². The van der Waals surface area contributed by atoms with Crippen molar-refractivity contribution in [1.29, 1.82) is 0 Å². The van der Waals surface area contributed by atoms with E-state index >= 15 is 0 Å². The van der Waals surface area contributed by atoms with Crippen LogP contribution in [0.25, 0.3) is 0 Å². The minimum Gasteiger partial charge on any atom is -0.512 e. The highest BCUT2D eigenvalue weighted by Crippen LogP contribution is 2.25. The first-order valence-electron chi connectivity index (χ1n) is 15.1. The van der Waals surface area contributed by atoms with E-state index in [9.17, 15) is 9.90 Å². The lowest BCUT2D eigenvalue weighted by molar-refractivity contribution is -0.122. The van der Waals surface area contributed by atoms with Crippen LogP contribution in [0, 0.1) is 6.92 Å². The molecule has 0 aromatic carbocycles. The van der Waals surface area contributed by atoms with E-state index in [0.717, 1.165) is 69.2 Å². The van der Waals surface area contributed by atoms with Crippen LogP contribution in [0.2, 0.25) is 0 Å². The van der Waals surface area contributed by atoms with Gasteiger partial charge in [0.15, 0.2) is 17.9 Å². The van der Waals surface area contributed by atoms with Gasteiger partial charge in [0.1, 0.15) is 5.69 Å². The monoisotopic (exact) mass is 593 g/mol. The molecule has 0 saturated carbocycles. The minimum atomic E-state index is -0.250. The van der Waals surface area contributed by atoms with Gasteiger partial charge in [0.25, 0.3) is 6.47 Å². The largest absolute Gasteiger partial charge is 0.512 e. The Balaban J connectivity index is 0. The number of nitrogens with two attached hydrogens (primary N) is 2. The highest BCUT2D eigenvalue weighted by atomic mass is 16.3. The van der Waals surface area contributed by atoms with Crippen molar-refractivity contribution in [2.45, 2.75) is 93.7 Å². The molecule has 0 spiro atoms. The maximum atomic E-state index is 11.1. The number of carbonyl (C=O) groups excluding carboxylic acids is 1. The zero-order valence-electron chi connectivity index (χ0n) is 27.9. The zero-order valence-corrected chi connectivity index (χ0v) is 27.9. The Bertz CT molecular complexity index is 969. The van der Waals surface area contributed by atoms with E-state index in [-0.39, 0.29) is 18.0 Å². The van der Waals surface area contributed by atoms with Gasteiger partial charge in [0.2, 0.25) is 0 Å². The number of nitrogens with zero attached hydrogens (tertiary/aromatic N) is 5. The van der Waals surface area contributed by atoms with Crippen molar-refractivity contribution in [3.05, 3.63) is 34.4 Å². The fourth-order valence-electron chi connectivity index (χ4n) is 4.75. The first-order chi connectivity index (χ1) is 20.1. The molecule has 1 aromatic heterocycles. The van der Waals surface area contributed by atoms with Crippen molar-refractivity contribution < 1.29 is 19.8 Å². The van der Waals surface area contributed by atoms with Crippen LogP contribution in [-0.4, -0.2) is 101 Å². The number of rotatable bonds is 12. The van der Waals surface area contributed by atoms with E-state index in [4.69, 9.17) is 15.6 Å². The summed E-state index contributed by atoms with van der Waals surface area (Å²) < 4.78 is 0. The average Bonchev–Trinajstić information content (AvgIpc) is 3.01. The summed E-state index contributed by atoms with van der Waals surface area (Å²) in [6, 6.07) is 0.897. The Morgan fingerprint density at radius 1 is 1.14 bits per heavy atom. The van der Waals surface area contributed by atoms with Crippen molar-refractivity contribution >= 4 is 24.4 Å². The molecule has 0 radical (unpaired) electrons. The van der Waals surface area contributed by atoms with Crippen LogP contribution < -0.4 is 16.4 Å². The molecule has 11 heteroatoms. The Labute approximate surface area is 254 Å². The van der Waals surface area contributed by atoms with Crippen LogP contribution in [0.5, 0.6) is 0 Å². The number of allylic oxidation sites excluding steroid dienone is 3. The molecule has 1 aliphatic heterocycles. The lowest BCUT2D eigenvalue weighted by Crippen LogP contribution is -2.56. The summed E-state index contributed by atoms with van der Waals surface area (Å²) in [5, 5.41) is 16.7. The average molecular weight is 594 g/mol. The molecule has 1 aromatic rings. The van der Waals surface area contributed by atoms with Gasteiger partial charge in [0.05, 0.1) is 11.5 Å². The molecule has 2 rings (SSSR count). The smallest absolute Gasteiger partial charge is 0.290 e. The van der Waals surface area contributed by atoms with Gasteiger partial charge in [-0.15, -0.1) is 0 Å². The van der Waals surface area contributed by atoms with Crippen LogP contribution in [-0.2, 0) is 4.79 Å². The standard InChI is InChI=1S/C27H46N6O2.C2H6.CH5N.CH2O2/c1-8-23-17-32(27-22(7)29-25(18-34)26(28)30-27)13-14-33(23)21(6)11-12-31(10-3)16-20(5)19(4)15-24(35)9-2;2*1-2;2-1-3/h15,18,21,23,35H,8-14,16-17H2,1-7H3,(H2,28,30);1-2H3;2H2,1H3;1H,(H,2,3)/b20-19+,24-15+;;;. The maximum Gasteiger partial charge on any atom is 0.290 e. The summed E-state index contributed by atoms with van der Waals surface area (Å²) in [6.07, 6.45) is 5.38. The quantitative estimate of drug-likeness (QED) is 0.151. The summed E-state index contributed by atoms with van der Waals surface area (Å²) in [7, 11) is 1.50. The number of aliphatic hydroxyl groups excluding tert-OH is 1. The molecule has 2 unspecified atom stereocenters. The molecule has 6 N–H and O–H groups in total. The van der Waals surface area contributed by atoms with E-state index in [1.54, 1.807) is 0 Å². The fourth-order valence-corrected chi connectivity index (χ4v) is 4.75. The summed E-state index contributed by atoms with van der Waals surface area (Å²) in [6.45, 7) is 24.3. The molecule has 1 fully saturated rings. The van der Waals surface area contributed by atoms with Gasteiger partial charge in [-0.05, 0) is 72.3 Å². The van der Waals surface area contributed by atoms with Crippen LogP contribution in [0.4, 0.5) is 11.6 Å². The number of aromatic nitrogens is 2. The van der Waals surface area contributed by atoms with Crippen molar-refractivity contribution in [3.8, 4) is 0 Å². The van der Waals surface area contributed by atoms with Gasteiger partial charge in [-0.1, -0.05) is 40.2 Å². The number of piperazine rings is 1. The lowest BCUT2D eigenvalue weighted by atomic mass is 10.0. The molecule has 2 atom stereocenters. The third kappa shape index (κ3) is 13.8. The fraction of sp³-hybridized carbons (Fsp3) is 0.677. The Morgan fingerprint density at radius 2 is 1.74 bits per heavy atom. The van der Waals surface area contributed by atoms with Crippen LogP contribution >= 0.6 is 0 Å². The summed E-state index contributed by atoms with van der Waals surface area (Å²) >= 11 is 0. The van der Waals surface area contributed by atoms with Crippen LogP contribution in [0.1, 0.15) is 90.8 Å². The van der Waals surface area contributed by atoms with Gasteiger partial charge in [-0.2, -0.15) is 0 Å². The molecule has 0 aliphatic carbocycles. The first kappa shape index (κ1) is 41.1. The number of likely N-dealkylation sites (N-methyl/N-ethyl adjacent to an activating group) is 1. The number of aldehydes is 1. The van der Waals surface area contributed by atoms with Crippen molar-refractivity contribution in [1.82, 2.24) is 19.8 Å². The molecular formula is C31H59N7O4. The molecule has 1 saturated heterocycles. The highest BCUT2D eigenvalue weighted by molar-refractivity contribution is 5.79. The Kier molecular flexibility index (Phi) is 23.0. The topological polar surface area (TPSA) is 162 Å². The van der Waals surface area contributed by atoms with Crippen LogP contribution in [0.3, 0.4) is 0 Å². The third-order valence-corrected chi connectivity index (χ3v) is 7.27. The molecule has 0 bridgehead atoms. The van der Waals surface area contributed by atoms with Gasteiger partial charge < -0.3 is 26.6 Å². The maximum absolute atomic E-state index is 11.1. The predicted octanol–water partition coefficient (Wildman–Crippen LogP) is 4.67. The van der Waals surface area contributed by atoms with E-state index < -0.39 is 0 Å². The van der Waals surface area contributed by atoms with Crippen molar-refractivity contribution in [3.63, 3.8) is 0 Å². The molecule has 2 heterocycles. The zero-order chi connectivity index (χ0) is 32.8. The molecule has 242 valence electrons. The lowest BCUT2D eigenvalue weighted by Gasteiger charge is -2.45. The number of nitrogen functional groups attached to an aromatic ring is 1. The number of anilines is 2. The second-order valence-corrected chi connectivity index (χ2v) is 9.83. The molecule has 42 heavy (non-hydrogen) atoms. The number of aliphatic hydroxyl groups is 1. The van der Waals surface area contributed by atoms with E-state index in [0.29, 0.717) is 30.5 Å². The highest BCUT2D eigenvalue weighted by Gasteiger charge is 2.31. The van der Waals surface area contributed by atoms with E-state index in [1.165, 1.54) is 12.6 Å². The first-order valence-corrected chi connectivity index (χ1v) is 15.1. The number of carbonyl (C=O) groups is 2. The van der Waals surface area contributed by atoms with Gasteiger partial charge in [-0.25, -0.2) is 9.97 Å². The van der Waals surface area contributed by atoms with Crippen LogP contribution in [0.15, 0.2) is 23.0 Å². The number of aryl methyl sites for hydroxylation is 1. The Morgan fingerprint density at radius 3 is 2.24 bits per heavy atom. The third-order valence-electron chi connectivity index (χ3n) is 7.27. The summed E-state index contributed by atoms with van der Waals surface area (Å²) in [4.78, 5) is 35.7. The SMILES string of the molecule is CC.CC/C(O)=C\C(C)=C(/C)CN(CC)CCC(C)N1CCN(c2nc(N)c(C=O)nc2C)CC1CC.CN.O=CO. The van der Waals surface area contributed by atoms with Gasteiger partial charge in [-0.3, -0.25) is 19.4 Å². The normalized spacial score (nSPS) is 16.5. The Hall–Kier alpha value is -3.02. The number of hydrogen-bond acceptors (Lipinski definition) is 10. The number of carboxylic acid groups (broad SMARTS) is 1. The van der Waals surface area contributed by atoms with Crippen molar-refractivity contribution in [2.75, 3.05) is 56.9 Å². The summed E-state index contributed by atoms with van der Waals surface area (Å²) in [5.41, 5.74) is 13.9. The van der Waals surface area contributed by atoms with E-state index in [2.05, 4.69) is 65.0 Å². The predicted molar refractivity (Wildman–Crippen MR) is 175 cm³/mol. The van der Waals surface area contributed by atoms with Gasteiger partial charge in [0, 0.05) is 44.7 Å². The molecular weight excluding hydrogens is 534 g/mol. The molecule has 0 amide bonds. The second-order valence-electron chi connectivity index (χ2n) is 9.83. The summed E-state index contributed by atoms with van der Waals surface area (Å²) in [5.74, 6) is 1.42. The molecule has 1 aliphatic rings.